The van der Waals surface area contributed by atoms with E-state index in [1.807, 2.05) is 18.2 Å². The van der Waals surface area contributed by atoms with Crippen LogP contribution < -0.4 is 27.4 Å². The predicted octanol–water partition coefficient (Wildman–Crippen LogP) is -1.03. The highest BCUT2D eigenvalue weighted by atomic mass is 16.4. The zero-order chi connectivity index (χ0) is 29.3. The van der Waals surface area contributed by atoms with E-state index in [9.17, 15) is 33.9 Å². The molecule has 2 rings (SSSR count). The van der Waals surface area contributed by atoms with Crippen molar-refractivity contribution in [2.24, 2.45) is 17.4 Å². The van der Waals surface area contributed by atoms with Crippen LogP contribution in [-0.2, 0) is 35.2 Å². The first-order valence-corrected chi connectivity index (χ1v) is 12.2. The predicted molar refractivity (Wildman–Crippen MR) is 139 cm³/mol. The Morgan fingerprint density at radius 3 is 2.08 bits per heavy atom. The molecule has 39 heavy (non-hydrogen) atoms. The molecular formula is C25H34N6O8. The van der Waals surface area contributed by atoms with Crippen LogP contribution >= 0.6 is 0 Å². The molecule has 0 fully saturated rings. The highest BCUT2D eigenvalue weighted by Gasteiger charge is 2.32. The zero-order valence-corrected chi connectivity index (χ0v) is 21.6. The number of aliphatic carboxylic acids is 2. The van der Waals surface area contributed by atoms with Crippen LogP contribution in [0, 0.1) is 5.92 Å². The minimum atomic E-state index is -1.59. The van der Waals surface area contributed by atoms with Crippen LogP contribution in [0.1, 0.15) is 38.7 Å². The van der Waals surface area contributed by atoms with Gasteiger partial charge >= 0.3 is 11.9 Å². The number of hydrogen-bond donors (Lipinski definition) is 8. The Morgan fingerprint density at radius 1 is 0.897 bits per heavy atom. The monoisotopic (exact) mass is 546 g/mol. The number of aromatic amines is 1. The van der Waals surface area contributed by atoms with Gasteiger partial charge in [-0.15, -0.1) is 0 Å². The molecule has 0 saturated heterocycles. The molecule has 0 spiro atoms. The number of carbonyl (C=O) groups excluding carboxylic acids is 4. The number of carboxylic acids is 2. The van der Waals surface area contributed by atoms with Gasteiger partial charge in [0, 0.05) is 29.9 Å². The van der Waals surface area contributed by atoms with Crippen molar-refractivity contribution in [3.63, 3.8) is 0 Å². The molecule has 4 atom stereocenters. The van der Waals surface area contributed by atoms with E-state index in [4.69, 9.17) is 16.6 Å². The fourth-order valence-corrected chi connectivity index (χ4v) is 3.78. The Morgan fingerprint density at radius 2 is 1.49 bits per heavy atom. The van der Waals surface area contributed by atoms with E-state index < -0.39 is 79.0 Å². The van der Waals surface area contributed by atoms with Crippen molar-refractivity contribution in [3.05, 3.63) is 36.0 Å². The average Bonchev–Trinajstić information content (AvgIpc) is 3.27. The number of primary amides is 1. The summed E-state index contributed by atoms with van der Waals surface area (Å²) in [5.41, 5.74) is 12.7. The molecule has 1 aromatic carbocycles. The van der Waals surface area contributed by atoms with E-state index in [0.29, 0.717) is 5.56 Å². The van der Waals surface area contributed by atoms with Crippen LogP contribution in [0.5, 0.6) is 0 Å². The summed E-state index contributed by atoms with van der Waals surface area (Å²) in [6.45, 7) is 3.46. The SMILES string of the molecule is CC(C)C(N)C(=O)NC(Cc1c[nH]c2ccccc12)C(=O)NC(CC(N)=O)C(=O)NC(CCC(=O)O)C(=O)O. The number of rotatable bonds is 15. The molecule has 1 aromatic heterocycles. The molecule has 2 aromatic rings. The van der Waals surface area contributed by atoms with Gasteiger partial charge in [-0.1, -0.05) is 32.0 Å². The number of amides is 4. The normalized spacial score (nSPS) is 14.2. The lowest BCUT2D eigenvalue weighted by Crippen LogP contribution is -2.58. The Balaban J connectivity index is 2.30. The summed E-state index contributed by atoms with van der Waals surface area (Å²) in [6.07, 6.45) is 0.0155. The molecule has 0 saturated carbocycles. The maximum Gasteiger partial charge on any atom is 0.326 e. The Kier molecular flexibility index (Phi) is 11.0. The second-order valence-corrected chi connectivity index (χ2v) is 9.46. The minimum absolute atomic E-state index is 0.00627. The first-order valence-electron chi connectivity index (χ1n) is 12.2. The van der Waals surface area contributed by atoms with Crippen molar-refractivity contribution in [1.82, 2.24) is 20.9 Å². The largest absolute Gasteiger partial charge is 0.481 e. The first kappa shape index (κ1) is 30.8. The number of carboxylic acid groups (broad SMARTS) is 2. The minimum Gasteiger partial charge on any atom is -0.481 e. The van der Waals surface area contributed by atoms with Gasteiger partial charge in [0.2, 0.25) is 23.6 Å². The van der Waals surface area contributed by atoms with Gasteiger partial charge in [-0.2, -0.15) is 0 Å². The molecule has 212 valence electrons. The number of hydrogen-bond acceptors (Lipinski definition) is 7. The zero-order valence-electron chi connectivity index (χ0n) is 21.6. The van der Waals surface area contributed by atoms with Crippen molar-refractivity contribution in [2.75, 3.05) is 0 Å². The summed E-state index contributed by atoms with van der Waals surface area (Å²) in [6, 6.07) is 1.94. The smallest absolute Gasteiger partial charge is 0.326 e. The molecule has 10 N–H and O–H groups in total. The molecule has 0 bridgehead atoms. The van der Waals surface area contributed by atoms with Gasteiger partial charge in [-0.25, -0.2) is 4.79 Å². The van der Waals surface area contributed by atoms with Crippen LogP contribution in [0.4, 0.5) is 0 Å². The molecule has 1 heterocycles. The van der Waals surface area contributed by atoms with Crippen molar-refractivity contribution in [2.45, 2.75) is 63.7 Å². The highest BCUT2D eigenvalue weighted by molar-refractivity contribution is 5.96. The van der Waals surface area contributed by atoms with Crippen molar-refractivity contribution in [1.29, 1.82) is 0 Å². The molecule has 0 aliphatic carbocycles. The number of nitrogens with one attached hydrogen (secondary N) is 4. The second-order valence-electron chi connectivity index (χ2n) is 9.46. The third-order valence-corrected chi connectivity index (χ3v) is 6.05. The van der Waals surface area contributed by atoms with Gasteiger partial charge in [-0.05, 0) is 24.0 Å². The summed E-state index contributed by atoms with van der Waals surface area (Å²) >= 11 is 0. The second kappa shape index (κ2) is 13.9. The van der Waals surface area contributed by atoms with E-state index in [1.54, 1.807) is 26.1 Å². The molecule has 0 aliphatic rings. The lowest BCUT2D eigenvalue weighted by molar-refractivity contribution is -0.143. The van der Waals surface area contributed by atoms with Gasteiger partial charge in [0.05, 0.1) is 12.5 Å². The van der Waals surface area contributed by atoms with E-state index in [2.05, 4.69) is 20.9 Å². The molecule has 4 unspecified atom stereocenters. The Labute approximate surface area is 223 Å². The fraction of sp³-hybridized carbons (Fsp3) is 0.440. The number of carbonyl (C=O) groups is 6. The summed E-state index contributed by atoms with van der Waals surface area (Å²) in [7, 11) is 0. The fourth-order valence-electron chi connectivity index (χ4n) is 3.78. The number of nitrogens with two attached hydrogens (primary N) is 2. The maximum absolute atomic E-state index is 13.4. The summed E-state index contributed by atoms with van der Waals surface area (Å²) in [4.78, 5) is 76.0. The van der Waals surface area contributed by atoms with Crippen LogP contribution in [0.25, 0.3) is 10.9 Å². The third-order valence-electron chi connectivity index (χ3n) is 6.05. The topological polar surface area (TPSA) is 247 Å². The molecule has 0 aliphatic heterocycles. The van der Waals surface area contributed by atoms with Crippen molar-refractivity contribution < 1.29 is 39.0 Å². The van der Waals surface area contributed by atoms with Crippen LogP contribution in [0.2, 0.25) is 0 Å². The van der Waals surface area contributed by atoms with Gasteiger partial charge in [0.1, 0.15) is 18.1 Å². The lowest BCUT2D eigenvalue weighted by atomic mass is 10.0. The number of benzene rings is 1. The number of fused-ring (bicyclic) bond motifs is 1. The quantitative estimate of drug-likeness (QED) is 0.136. The number of para-hydroxylation sites is 1. The van der Waals surface area contributed by atoms with E-state index in [-0.39, 0.29) is 12.3 Å². The van der Waals surface area contributed by atoms with Gasteiger partial charge in [0.15, 0.2) is 0 Å². The number of H-pyrrole nitrogens is 1. The van der Waals surface area contributed by atoms with Crippen LogP contribution in [0.15, 0.2) is 30.5 Å². The summed E-state index contributed by atoms with van der Waals surface area (Å²) in [5.74, 6) is -6.49. The number of aromatic nitrogens is 1. The summed E-state index contributed by atoms with van der Waals surface area (Å²) in [5, 5.41) is 26.1. The lowest BCUT2D eigenvalue weighted by Gasteiger charge is -2.25. The molecule has 0 radical (unpaired) electrons. The molecule has 14 nitrogen and oxygen atoms in total. The Hall–Kier alpha value is -4.46. The molecule has 14 heteroatoms. The van der Waals surface area contributed by atoms with Gasteiger partial charge in [0.25, 0.3) is 0 Å². The first-order chi connectivity index (χ1) is 18.3. The third kappa shape index (κ3) is 9.10. The van der Waals surface area contributed by atoms with E-state index in [1.165, 1.54) is 0 Å². The summed E-state index contributed by atoms with van der Waals surface area (Å²) < 4.78 is 0. The maximum atomic E-state index is 13.4. The van der Waals surface area contributed by atoms with Crippen LogP contribution in [-0.4, -0.2) is 74.9 Å². The van der Waals surface area contributed by atoms with Gasteiger partial charge in [-0.3, -0.25) is 24.0 Å². The molecular weight excluding hydrogens is 512 g/mol. The van der Waals surface area contributed by atoms with Crippen LogP contribution in [0.3, 0.4) is 0 Å². The van der Waals surface area contributed by atoms with Gasteiger partial charge < -0.3 is 42.6 Å². The van der Waals surface area contributed by atoms with Crippen molar-refractivity contribution >= 4 is 46.5 Å². The highest BCUT2D eigenvalue weighted by Crippen LogP contribution is 2.19. The Bertz CT molecular complexity index is 1230. The average molecular weight is 547 g/mol. The molecule has 4 amide bonds. The van der Waals surface area contributed by atoms with E-state index in [0.717, 1.165) is 10.9 Å². The van der Waals surface area contributed by atoms with E-state index >= 15 is 0 Å². The van der Waals surface area contributed by atoms with Crippen molar-refractivity contribution in [3.8, 4) is 0 Å². The standard InChI is InChI=1S/C25H34N6O8/c1-12(2)21(27)24(37)31-17(9-13-11-28-15-6-4-3-5-14(13)15)22(35)30-18(10-19(26)32)23(36)29-16(25(38)39)7-8-20(33)34/h3-6,11-12,16-18,21,28H,7-10,27H2,1-2H3,(H2,26,32)(H,29,36)(H,30,35)(H,31,37)(H,33,34)(H,38,39).